The zero-order chi connectivity index (χ0) is 13.1. The molecule has 2 aromatic rings. The minimum Gasteiger partial charge on any atom is -0.301 e. The lowest BCUT2D eigenvalue weighted by molar-refractivity contribution is 0.488. The van der Waals surface area contributed by atoms with Gasteiger partial charge >= 0.3 is 0 Å². The van der Waals surface area contributed by atoms with Gasteiger partial charge in [-0.05, 0) is 38.6 Å². The van der Waals surface area contributed by atoms with Crippen LogP contribution in [-0.2, 0) is 13.0 Å². The van der Waals surface area contributed by atoms with Crippen molar-refractivity contribution in [1.82, 2.24) is 24.5 Å². The lowest BCUT2D eigenvalue weighted by Crippen LogP contribution is -2.12. The summed E-state index contributed by atoms with van der Waals surface area (Å²) in [6, 6.07) is 2.39. The van der Waals surface area contributed by atoms with Crippen LogP contribution in [-0.4, -0.2) is 24.5 Å². The van der Waals surface area contributed by atoms with Crippen LogP contribution in [0.25, 0.3) is 0 Å². The van der Waals surface area contributed by atoms with E-state index in [0.29, 0.717) is 10.8 Å². The predicted molar refractivity (Wildman–Crippen MR) is 73.1 cm³/mol. The van der Waals surface area contributed by atoms with Gasteiger partial charge in [-0.25, -0.2) is 0 Å². The molecule has 0 saturated carbocycles. The van der Waals surface area contributed by atoms with Crippen molar-refractivity contribution in [3.05, 3.63) is 28.6 Å². The molecule has 2 rings (SSSR count). The van der Waals surface area contributed by atoms with Crippen LogP contribution in [0.15, 0.2) is 12.3 Å². The number of nitrogens with zero attached hydrogens (tertiary/aromatic N) is 4. The molecular weight excluding hydrogens is 246 g/mol. The first kappa shape index (κ1) is 13.0. The van der Waals surface area contributed by atoms with Gasteiger partial charge in [0.15, 0.2) is 4.77 Å². The molecule has 0 bridgehead atoms. The van der Waals surface area contributed by atoms with Gasteiger partial charge in [-0.15, -0.1) is 0 Å². The summed E-state index contributed by atoms with van der Waals surface area (Å²) >= 11 is 5.27. The van der Waals surface area contributed by atoms with Gasteiger partial charge in [-0.1, -0.05) is 6.92 Å². The molecule has 2 aromatic heterocycles. The summed E-state index contributed by atoms with van der Waals surface area (Å²) in [5.74, 6) is 1.00. The molecule has 0 aliphatic heterocycles. The molecular formula is C12H19N5S. The molecule has 0 aliphatic carbocycles. The van der Waals surface area contributed by atoms with Crippen molar-refractivity contribution in [3.8, 4) is 0 Å². The highest BCUT2D eigenvalue weighted by atomic mass is 32.1. The van der Waals surface area contributed by atoms with E-state index in [9.17, 15) is 0 Å². The normalized spacial score (nSPS) is 12.8. The van der Waals surface area contributed by atoms with E-state index in [2.05, 4.69) is 33.7 Å². The molecule has 0 aromatic carbocycles. The Kier molecular flexibility index (Phi) is 3.96. The number of hydrogen-bond donors (Lipinski definition) is 1. The third-order valence-electron chi connectivity index (χ3n) is 3.15. The van der Waals surface area contributed by atoms with E-state index in [1.807, 2.05) is 23.9 Å². The van der Waals surface area contributed by atoms with E-state index in [1.165, 1.54) is 0 Å². The van der Waals surface area contributed by atoms with E-state index in [-0.39, 0.29) is 0 Å². The number of aromatic nitrogens is 5. The van der Waals surface area contributed by atoms with Crippen LogP contribution in [0.5, 0.6) is 0 Å². The van der Waals surface area contributed by atoms with Gasteiger partial charge in [0.1, 0.15) is 5.82 Å². The molecule has 0 saturated heterocycles. The number of rotatable bonds is 5. The Hall–Kier alpha value is -1.43. The Balaban J connectivity index is 2.12. The highest BCUT2D eigenvalue weighted by molar-refractivity contribution is 7.71. The zero-order valence-electron chi connectivity index (χ0n) is 11.1. The minimum atomic E-state index is 0.380. The molecule has 6 heteroatoms. The van der Waals surface area contributed by atoms with Crippen LogP contribution < -0.4 is 0 Å². The summed E-state index contributed by atoms with van der Waals surface area (Å²) in [5, 5.41) is 11.6. The van der Waals surface area contributed by atoms with Crippen LogP contribution in [0, 0.1) is 11.7 Å². The van der Waals surface area contributed by atoms with E-state index in [1.54, 1.807) is 0 Å². The summed E-state index contributed by atoms with van der Waals surface area (Å²) in [6.07, 6.45) is 3.87. The maximum absolute atomic E-state index is 5.27. The monoisotopic (exact) mass is 265 g/mol. The largest absolute Gasteiger partial charge is 0.301 e. The second kappa shape index (κ2) is 5.48. The van der Waals surface area contributed by atoms with Crippen molar-refractivity contribution in [2.75, 3.05) is 0 Å². The smallest absolute Gasteiger partial charge is 0.195 e. The van der Waals surface area contributed by atoms with Gasteiger partial charge in [-0.2, -0.15) is 10.2 Å². The molecule has 0 radical (unpaired) electrons. The number of H-pyrrole nitrogens is 1. The Morgan fingerprint density at radius 2 is 2.28 bits per heavy atom. The first-order valence-corrected chi connectivity index (χ1v) is 6.68. The summed E-state index contributed by atoms with van der Waals surface area (Å²) in [6.45, 7) is 7.13. The second-order valence-corrected chi connectivity index (χ2v) is 4.93. The van der Waals surface area contributed by atoms with E-state index >= 15 is 0 Å². The SMILES string of the molecule is CC[C@H](C)n1c(CCn2ccc(C)n2)n[nH]c1=S. The molecule has 98 valence electrons. The van der Waals surface area contributed by atoms with Crippen LogP contribution in [0.4, 0.5) is 0 Å². The molecule has 1 N–H and O–H groups in total. The van der Waals surface area contributed by atoms with Crippen LogP contribution >= 0.6 is 12.2 Å². The summed E-state index contributed by atoms with van der Waals surface area (Å²) in [5.41, 5.74) is 1.04. The second-order valence-electron chi connectivity index (χ2n) is 4.54. The average molecular weight is 265 g/mol. The zero-order valence-corrected chi connectivity index (χ0v) is 11.9. The maximum atomic E-state index is 5.27. The van der Waals surface area contributed by atoms with Crippen molar-refractivity contribution < 1.29 is 0 Å². The highest BCUT2D eigenvalue weighted by Gasteiger charge is 2.11. The molecule has 0 fully saturated rings. The summed E-state index contributed by atoms with van der Waals surface area (Å²) in [7, 11) is 0. The number of aromatic amines is 1. The lowest BCUT2D eigenvalue weighted by Gasteiger charge is -2.13. The summed E-state index contributed by atoms with van der Waals surface area (Å²) in [4.78, 5) is 0. The van der Waals surface area contributed by atoms with Crippen molar-refractivity contribution in [2.24, 2.45) is 0 Å². The summed E-state index contributed by atoms with van der Waals surface area (Å²) < 4.78 is 4.75. The Bertz CT molecular complexity index is 565. The number of hydrogen-bond acceptors (Lipinski definition) is 3. The van der Waals surface area contributed by atoms with Crippen LogP contribution in [0.2, 0.25) is 0 Å². The van der Waals surface area contributed by atoms with Crippen molar-refractivity contribution in [3.63, 3.8) is 0 Å². The molecule has 18 heavy (non-hydrogen) atoms. The van der Waals surface area contributed by atoms with Crippen molar-refractivity contribution in [1.29, 1.82) is 0 Å². The van der Waals surface area contributed by atoms with Gasteiger partial charge in [0.2, 0.25) is 0 Å². The van der Waals surface area contributed by atoms with E-state index in [4.69, 9.17) is 12.2 Å². The van der Waals surface area contributed by atoms with Gasteiger partial charge in [-0.3, -0.25) is 9.78 Å². The first-order chi connectivity index (χ1) is 8.61. The number of aryl methyl sites for hydroxylation is 3. The van der Waals surface area contributed by atoms with Gasteiger partial charge in [0.05, 0.1) is 5.69 Å². The molecule has 2 heterocycles. The van der Waals surface area contributed by atoms with E-state index < -0.39 is 0 Å². The molecule has 5 nitrogen and oxygen atoms in total. The topological polar surface area (TPSA) is 51.4 Å². The van der Waals surface area contributed by atoms with E-state index in [0.717, 1.165) is 30.9 Å². The standard InChI is InChI=1S/C12H19N5S/c1-4-10(3)17-11(13-14-12(17)18)6-8-16-7-5-9(2)15-16/h5,7,10H,4,6,8H2,1-3H3,(H,14,18)/t10-/m0/s1. The van der Waals surface area contributed by atoms with Crippen LogP contribution in [0.1, 0.15) is 37.8 Å². The fourth-order valence-electron chi connectivity index (χ4n) is 1.95. The fourth-order valence-corrected chi connectivity index (χ4v) is 2.28. The third kappa shape index (κ3) is 2.69. The number of nitrogens with one attached hydrogen (secondary N) is 1. The third-order valence-corrected chi connectivity index (χ3v) is 3.44. The van der Waals surface area contributed by atoms with Gasteiger partial charge < -0.3 is 4.57 Å². The van der Waals surface area contributed by atoms with Crippen molar-refractivity contribution >= 4 is 12.2 Å². The highest BCUT2D eigenvalue weighted by Crippen LogP contribution is 2.13. The Morgan fingerprint density at radius 1 is 1.50 bits per heavy atom. The Morgan fingerprint density at radius 3 is 2.89 bits per heavy atom. The lowest BCUT2D eigenvalue weighted by atomic mass is 10.2. The molecule has 0 spiro atoms. The molecule has 1 atom stereocenters. The van der Waals surface area contributed by atoms with Crippen LogP contribution in [0.3, 0.4) is 0 Å². The molecule has 0 aliphatic rings. The predicted octanol–water partition coefficient (Wildman–Crippen LogP) is 2.66. The van der Waals surface area contributed by atoms with Gasteiger partial charge in [0, 0.05) is 25.2 Å². The minimum absolute atomic E-state index is 0.380. The van der Waals surface area contributed by atoms with Crippen molar-refractivity contribution in [2.45, 2.75) is 46.2 Å². The maximum Gasteiger partial charge on any atom is 0.195 e. The molecule has 0 unspecified atom stereocenters. The fraction of sp³-hybridized carbons (Fsp3) is 0.583. The average Bonchev–Trinajstić information content (AvgIpc) is 2.92. The Labute approximate surface area is 112 Å². The first-order valence-electron chi connectivity index (χ1n) is 6.27. The molecule has 0 amide bonds. The quantitative estimate of drug-likeness (QED) is 0.846. The van der Waals surface area contributed by atoms with Gasteiger partial charge in [0.25, 0.3) is 0 Å².